The topological polar surface area (TPSA) is 38.3 Å². The monoisotopic (exact) mass is 227 g/mol. The van der Waals surface area contributed by atoms with Crippen LogP contribution in [0.15, 0.2) is 0 Å². The van der Waals surface area contributed by atoms with Gasteiger partial charge in [0.1, 0.15) is 0 Å². The van der Waals surface area contributed by atoms with Gasteiger partial charge in [0.25, 0.3) is 0 Å². The van der Waals surface area contributed by atoms with E-state index in [1.54, 1.807) is 7.11 Å². The molecule has 94 valence electrons. The van der Waals surface area contributed by atoms with Crippen LogP contribution in [0.5, 0.6) is 0 Å². The summed E-state index contributed by atoms with van der Waals surface area (Å²) in [6, 6.07) is 0.269. The van der Waals surface area contributed by atoms with Crippen LogP contribution in [0, 0.1) is 5.41 Å². The van der Waals surface area contributed by atoms with E-state index in [1.165, 1.54) is 0 Å². The molecule has 0 heterocycles. The normalized spacial score (nSPS) is 31.2. The van der Waals surface area contributed by atoms with Crippen LogP contribution in [-0.4, -0.2) is 24.7 Å². The highest BCUT2D eigenvalue weighted by molar-refractivity contribution is 5.81. The molecule has 3 heteroatoms. The second-order valence-corrected chi connectivity index (χ2v) is 6.17. The number of nitrogens with one attached hydrogen (secondary N) is 1. The van der Waals surface area contributed by atoms with E-state index in [9.17, 15) is 4.79 Å². The first-order valence-electron chi connectivity index (χ1n) is 6.13. The lowest BCUT2D eigenvalue weighted by Gasteiger charge is -2.38. The van der Waals surface area contributed by atoms with Gasteiger partial charge in [0.15, 0.2) is 0 Å². The Labute approximate surface area is 98.9 Å². The van der Waals surface area contributed by atoms with Crippen LogP contribution in [0.3, 0.4) is 0 Å². The fourth-order valence-electron chi connectivity index (χ4n) is 2.16. The summed E-state index contributed by atoms with van der Waals surface area (Å²) < 4.78 is 5.52. The number of rotatable bonds is 2. The van der Waals surface area contributed by atoms with Crippen LogP contribution in [0.25, 0.3) is 0 Å². The molecule has 0 saturated heterocycles. The lowest BCUT2D eigenvalue weighted by Crippen LogP contribution is -2.48. The third-order valence-corrected chi connectivity index (χ3v) is 3.45. The summed E-state index contributed by atoms with van der Waals surface area (Å²) in [5.74, 6) is 0.137. The molecule has 0 bridgehead atoms. The minimum absolute atomic E-state index is 0.0614. The van der Waals surface area contributed by atoms with Crippen molar-refractivity contribution in [2.24, 2.45) is 5.41 Å². The van der Waals surface area contributed by atoms with Gasteiger partial charge in [0, 0.05) is 18.6 Å². The van der Waals surface area contributed by atoms with Gasteiger partial charge < -0.3 is 10.1 Å². The standard InChI is InChI=1S/C13H25NO2/c1-12(2,3)11(15)14-10-7-6-8-13(4,9-10)16-5/h10H,6-9H2,1-5H3,(H,14,15)/t10-,13-/m0/s1. The van der Waals surface area contributed by atoms with E-state index in [-0.39, 0.29) is 23.0 Å². The number of methoxy groups -OCH3 is 1. The Bertz CT molecular complexity index is 257. The van der Waals surface area contributed by atoms with E-state index < -0.39 is 0 Å². The number of hydrogen-bond acceptors (Lipinski definition) is 2. The predicted molar refractivity (Wildman–Crippen MR) is 65.3 cm³/mol. The van der Waals surface area contributed by atoms with Gasteiger partial charge in [-0.15, -0.1) is 0 Å². The van der Waals surface area contributed by atoms with E-state index in [0.29, 0.717) is 0 Å². The fourth-order valence-corrected chi connectivity index (χ4v) is 2.16. The number of carbonyl (C=O) groups is 1. The Morgan fingerprint density at radius 3 is 2.56 bits per heavy atom. The highest BCUT2D eigenvalue weighted by atomic mass is 16.5. The van der Waals surface area contributed by atoms with Gasteiger partial charge in [-0.2, -0.15) is 0 Å². The van der Waals surface area contributed by atoms with Gasteiger partial charge in [0.2, 0.25) is 5.91 Å². The summed E-state index contributed by atoms with van der Waals surface area (Å²) in [5.41, 5.74) is -0.366. The highest BCUT2D eigenvalue weighted by Gasteiger charge is 2.34. The zero-order valence-electron chi connectivity index (χ0n) is 11.2. The van der Waals surface area contributed by atoms with E-state index in [2.05, 4.69) is 12.2 Å². The smallest absolute Gasteiger partial charge is 0.225 e. The summed E-state index contributed by atoms with van der Waals surface area (Å²) in [5, 5.41) is 3.13. The van der Waals surface area contributed by atoms with Crippen molar-refractivity contribution >= 4 is 5.91 Å². The van der Waals surface area contributed by atoms with Crippen LogP contribution >= 0.6 is 0 Å². The predicted octanol–water partition coefficient (Wildman–Crippen LogP) is 2.50. The molecule has 1 aliphatic carbocycles. The number of carbonyl (C=O) groups excluding carboxylic acids is 1. The average molecular weight is 227 g/mol. The molecule has 1 fully saturated rings. The minimum Gasteiger partial charge on any atom is -0.378 e. The Morgan fingerprint density at radius 2 is 2.06 bits per heavy atom. The Kier molecular flexibility index (Phi) is 4.00. The maximum absolute atomic E-state index is 11.9. The maximum Gasteiger partial charge on any atom is 0.225 e. The largest absolute Gasteiger partial charge is 0.378 e. The number of ether oxygens (including phenoxy) is 1. The molecule has 3 nitrogen and oxygen atoms in total. The Morgan fingerprint density at radius 1 is 1.44 bits per heavy atom. The van der Waals surface area contributed by atoms with Crippen molar-refractivity contribution in [3.05, 3.63) is 0 Å². The molecule has 1 saturated carbocycles. The zero-order valence-corrected chi connectivity index (χ0v) is 11.2. The molecule has 0 spiro atoms. The number of amides is 1. The summed E-state index contributed by atoms with van der Waals surface area (Å²) >= 11 is 0. The van der Waals surface area contributed by atoms with Crippen molar-refractivity contribution in [2.75, 3.05) is 7.11 Å². The molecule has 1 rings (SSSR count). The van der Waals surface area contributed by atoms with Gasteiger partial charge in [-0.3, -0.25) is 4.79 Å². The van der Waals surface area contributed by atoms with Gasteiger partial charge in [-0.25, -0.2) is 0 Å². The zero-order chi connectivity index (χ0) is 12.4. The Balaban J connectivity index is 2.53. The first-order chi connectivity index (χ1) is 7.27. The quantitative estimate of drug-likeness (QED) is 0.787. The van der Waals surface area contributed by atoms with Gasteiger partial charge in [-0.05, 0) is 32.6 Å². The first kappa shape index (κ1) is 13.5. The van der Waals surface area contributed by atoms with Crippen LogP contribution in [0.4, 0.5) is 0 Å². The van der Waals surface area contributed by atoms with Crippen LogP contribution in [-0.2, 0) is 9.53 Å². The minimum atomic E-state index is -0.305. The average Bonchev–Trinajstić information content (AvgIpc) is 2.16. The molecule has 1 amide bonds. The molecule has 1 N–H and O–H groups in total. The molecule has 0 aromatic heterocycles. The van der Waals surface area contributed by atoms with Crippen LogP contribution < -0.4 is 5.32 Å². The van der Waals surface area contributed by atoms with Gasteiger partial charge in [0.05, 0.1) is 5.60 Å². The van der Waals surface area contributed by atoms with E-state index in [0.717, 1.165) is 25.7 Å². The SMILES string of the molecule is CO[C@@]1(C)CCC[C@H](NC(=O)C(C)(C)C)C1. The van der Waals surface area contributed by atoms with Crippen molar-refractivity contribution in [2.45, 2.75) is 65.0 Å². The summed E-state index contributed by atoms with van der Waals surface area (Å²) in [6.07, 6.45) is 4.21. The second kappa shape index (κ2) is 4.74. The van der Waals surface area contributed by atoms with E-state index >= 15 is 0 Å². The number of hydrogen-bond donors (Lipinski definition) is 1. The van der Waals surface area contributed by atoms with Crippen molar-refractivity contribution in [1.29, 1.82) is 0 Å². The van der Waals surface area contributed by atoms with Crippen molar-refractivity contribution in [1.82, 2.24) is 5.32 Å². The molecule has 0 aromatic carbocycles. The van der Waals surface area contributed by atoms with Crippen LogP contribution in [0.2, 0.25) is 0 Å². The van der Waals surface area contributed by atoms with Crippen molar-refractivity contribution in [3.63, 3.8) is 0 Å². The molecular formula is C13H25NO2. The van der Waals surface area contributed by atoms with Crippen molar-refractivity contribution in [3.8, 4) is 0 Å². The highest BCUT2D eigenvalue weighted by Crippen LogP contribution is 2.31. The summed E-state index contributed by atoms with van der Waals surface area (Å²) in [6.45, 7) is 7.96. The fraction of sp³-hybridized carbons (Fsp3) is 0.923. The molecule has 0 aliphatic heterocycles. The molecule has 16 heavy (non-hydrogen) atoms. The molecule has 2 atom stereocenters. The molecule has 0 radical (unpaired) electrons. The van der Waals surface area contributed by atoms with E-state index in [4.69, 9.17) is 4.74 Å². The third-order valence-electron chi connectivity index (χ3n) is 3.45. The van der Waals surface area contributed by atoms with Crippen molar-refractivity contribution < 1.29 is 9.53 Å². The maximum atomic E-state index is 11.9. The van der Waals surface area contributed by atoms with Crippen LogP contribution in [0.1, 0.15) is 53.4 Å². The lowest BCUT2D eigenvalue weighted by atomic mass is 9.82. The van der Waals surface area contributed by atoms with Gasteiger partial charge >= 0.3 is 0 Å². The molecule has 1 aliphatic rings. The Hall–Kier alpha value is -0.570. The molecular weight excluding hydrogens is 202 g/mol. The third kappa shape index (κ3) is 3.48. The summed E-state index contributed by atoms with van der Waals surface area (Å²) in [7, 11) is 1.76. The summed E-state index contributed by atoms with van der Waals surface area (Å²) in [4.78, 5) is 11.9. The lowest BCUT2D eigenvalue weighted by molar-refractivity contribution is -0.130. The van der Waals surface area contributed by atoms with E-state index in [1.807, 2.05) is 20.8 Å². The first-order valence-corrected chi connectivity index (χ1v) is 6.13. The molecule has 0 aromatic rings. The van der Waals surface area contributed by atoms with Gasteiger partial charge in [-0.1, -0.05) is 20.8 Å². The second-order valence-electron chi connectivity index (χ2n) is 6.17. The molecule has 0 unspecified atom stereocenters.